The van der Waals surface area contributed by atoms with Gasteiger partial charge in [0.15, 0.2) is 0 Å². The molecule has 0 heterocycles. The van der Waals surface area contributed by atoms with Crippen LogP contribution in [-0.2, 0) is 14.9 Å². The predicted molar refractivity (Wildman–Crippen MR) is 204 cm³/mol. The summed E-state index contributed by atoms with van der Waals surface area (Å²) in [6, 6.07) is 22.8. The Hall–Kier alpha value is -4.05. The van der Waals surface area contributed by atoms with Crippen LogP contribution in [-0.4, -0.2) is 64.5 Å². The Morgan fingerprint density at radius 1 is 0.854 bits per heavy atom. The summed E-state index contributed by atoms with van der Waals surface area (Å²) in [6.45, 7) is 15.1. The van der Waals surface area contributed by atoms with Gasteiger partial charge in [-0.1, -0.05) is 62.9 Å². The zero-order chi connectivity index (χ0) is 34.5. The number of anilines is 1. The average molecular weight is 673 g/mol. The normalized spacial score (nSPS) is 12.1. The molecule has 9 heteroatoms. The first-order valence-corrected chi connectivity index (χ1v) is 17.6. The Kier molecular flexibility index (Phi) is 17.4. The van der Waals surface area contributed by atoms with Gasteiger partial charge in [0.1, 0.15) is 18.1 Å². The lowest BCUT2D eigenvalue weighted by molar-refractivity contribution is 0.0774. The van der Waals surface area contributed by atoms with Gasteiger partial charge in [0, 0.05) is 63.0 Å². The Labute approximate surface area is 291 Å². The topological polar surface area (TPSA) is 99.7 Å². The molecule has 8 nitrogen and oxygen atoms in total. The minimum atomic E-state index is -0.183. The summed E-state index contributed by atoms with van der Waals surface area (Å²) < 4.78 is 27.8. The van der Waals surface area contributed by atoms with Crippen LogP contribution in [0, 0.1) is 6.92 Å². The fourth-order valence-corrected chi connectivity index (χ4v) is 5.29. The van der Waals surface area contributed by atoms with Crippen molar-refractivity contribution in [1.29, 1.82) is 0 Å². The van der Waals surface area contributed by atoms with Gasteiger partial charge in [0.2, 0.25) is 0 Å². The lowest BCUT2D eigenvalue weighted by Gasteiger charge is -2.26. The molecular formula is C39H52N4O4S. The first-order chi connectivity index (χ1) is 23.4. The third-order valence-corrected chi connectivity index (χ3v) is 8.26. The van der Waals surface area contributed by atoms with Crippen LogP contribution in [0.4, 0.5) is 5.69 Å². The first kappa shape index (κ1) is 38.4. The van der Waals surface area contributed by atoms with Crippen LogP contribution in [0.15, 0.2) is 95.0 Å². The average Bonchev–Trinajstić information content (AvgIpc) is 3.10. The Balaban J connectivity index is 1.27. The summed E-state index contributed by atoms with van der Waals surface area (Å²) in [4.78, 5) is 3.88. The molecule has 0 aliphatic carbocycles. The molecule has 3 aromatic carbocycles. The Morgan fingerprint density at radius 3 is 2.06 bits per heavy atom. The van der Waals surface area contributed by atoms with Crippen molar-refractivity contribution in [2.45, 2.75) is 45.4 Å². The molecule has 0 aliphatic heterocycles. The molecule has 0 fully saturated rings. The minimum absolute atomic E-state index is 0.183. The van der Waals surface area contributed by atoms with E-state index < -0.39 is 0 Å². The van der Waals surface area contributed by atoms with E-state index in [-0.39, 0.29) is 5.41 Å². The molecule has 0 radical (unpaired) electrons. The maximum atomic E-state index is 5.96. The lowest BCUT2D eigenvalue weighted by atomic mass is 9.78. The van der Waals surface area contributed by atoms with E-state index in [1.807, 2.05) is 36.6 Å². The van der Waals surface area contributed by atoms with E-state index in [0.29, 0.717) is 33.0 Å². The first-order valence-electron chi connectivity index (χ1n) is 16.5. The molecule has 0 atom stereocenters. The van der Waals surface area contributed by atoms with Crippen LogP contribution >= 0.6 is 11.9 Å². The largest absolute Gasteiger partial charge is 0.494 e. The molecule has 0 saturated heterocycles. The number of nitrogens with one attached hydrogen (secondary N) is 1. The van der Waals surface area contributed by atoms with Crippen LogP contribution in [0.3, 0.4) is 0 Å². The molecule has 3 aromatic rings. The standard InChI is InChI=1S/C39H52N4O4S/c1-6-32-11-7-12-38(31(32)2)42-22-8-24-44-25-9-26-45-27-10-28-46-36-17-13-33(14-18-36)39(3,4)34-15-19-37(20-16-34)47-29-35(43-48-5)21-23-41-30-40/h6-7,11-21,23,30,42H,1,8-10,22,24-29H2,2-5H3,(H2,40,41)/b23-21-,43-35?. The smallest absolute Gasteiger partial charge is 0.131 e. The second-order valence-corrected chi connectivity index (χ2v) is 12.2. The zero-order valence-corrected chi connectivity index (χ0v) is 29.8. The molecule has 0 aliphatic rings. The van der Waals surface area contributed by atoms with Crippen LogP contribution in [0.1, 0.15) is 55.4 Å². The van der Waals surface area contributed by atoms with E-state index >= 15 is 0 Å². The molecule has 0 aromatic heterocycles. The summed E-state index contributed by atoms with van der Waals surface area (Å²) >= 11 is 1.37. The highest BCUT2D eigenvalue weighted by Crippen LogP contribution is 2.33. The highest BCUT2D eigenvalue weighted by molar-refractivity contribution is 7.97. The molecule has 0 spiro atoms. The van der Waals surface area contributed by atoms with E-state index in [1.165, 1.54) is 35.0 Å². The van der Waals surface area contributed by atoms with Gasteiger partial charge in [-0.3, -0.25) is 0 Å². The van der Waals surface area contributed by atoms with Crippen molar-refractivity contribution in [1.82, 2.24) is 0 Å². The quantitative estimate of drug-likeness (QED) is 0.0453. The predicted octanol–water partition coefficient (Wildman–Crippen LogP) is 8.26. The molecule has 258 valence electrons. The van der Waals surface area contributed by atoms with Gasteiger partial charge in [-0.05, 0) is 90.4 Å². The third-order valence-electron chi connectivity index (χ3n) is 7.84. The van der Waals surface area contributed by atoms with Crippen molar-refractivity contribution in [2.24, 2.45) is 15.1 Å². The SMILES string of the molecule is C=Cc1cccc(NCCCOCCCOCCCOc2ccc(C(C)(C)c3ccc(OCC(/C=C\N=CN)=NSC)cc3)cc2)c1C. The number of nitrogens with two attached hydrogens (primary N) is 1. The number of rotatable bonds is 23. The van der Waals surface area contributed by atoms with Crippen molar-refractivity contribution < 1.29 is 18.9 Å². The minimum Gasteiger partial charge on any atom is -0.494 e. The van der Waals surface area contributed by atoms with Crippen molar-refractivity contribution in [3.8, 4) is 11.5 Å². The van der Waals surface area contributed by atoms with Gasteiger partial charge < -0.3 is 30.0 Å². The fraction of sp³-hybridized carbons (Fsp3) is 0.385. The summed E-state index contributed by atoms with van der Waals surface area (Å²) in [6.07, 6.45) is 11.1. The maximum absolute atomic E-state index is 5.96. The molecule has 0 saturated carbocycles. The highest BCUT2D eigenvalue weighted by Gasteiger charge is 2.23. The number of hydrogen-bond acceptors (Lipinski definition) is 8. The summed E-state index contributed by atoms with van der Waals surface area (Å²) in [7, 11) is 0. The number of benzene rings is 3. The second kappa shape index (κ2) is 21.8. The molecule has 0 amide bonds. The molecule has 3 rings (SSSR count). The van der Waals surface area contributed by atoms with Gasteiger partial charge in [0.05, 0.1) is 18.7 Å². The van der Waals surface area contributed by atoms with Gasteiger partial charge in [-0.15, -0.1) is 0 Å². The summed E-state index contributed by atoms with van der Waals surface area (Å²) in [5.74, 6) is 1.64. The third kappa shape index (κ3) is 13.2. The van der Waals surface area contributed by atoms with Crippen LogP contribution < -0.4 is 20.5 Å². The van der Waals surface area contributed by atoms with Crippen molar-refractivity contribution in [2.75, 3.05) is 57.8 Å². The van der Waals surface area contributed by atoms with Crippen LogP contribution in [0.25, 0.3) is 6.08 Å². The maximum Gasteiger partial charge on any atom is 0.131 e. The lowest BCUT2D eigenvalue weighted by Crippen LogP contribution is -2.18. The number of hydrogen-bond donors (Lipinski definition) is 2. The number of nitrogens with zero attached hydrogens (tertiary/aromatic N) is 2. The Bertz CT molecular complexity index is 1450. The van der Waals surface area contributed by atoms with Crippen molar-refractivity contribution >= 4 is 35.8 Å². The van der Waals surface area contributed by atoms with Gasteiger partial charge in [-0.25, -0.2) is 9.39 Å². The summed E-state index contributed by atoms with van der Waals surface area (Å²) in [5.41, 5.74) is 11.8. The monoisotopic (exact) mass is 672 g/mol. The molecule has 48 heavy (non-hydrogen) atoms. The van der Waals surface area contributed by atoms with Gasteiger partial charge >= 0.3 is 0 Å². The van der Waals surface area contributed by atoms with Crippen molar-refractivity contribution in [3.63, 3.8) is 0 Å². The molecule has 0 unspecified atom stereocenters. The second-order valence-electron chi connectivity index (χ2n) is 11.6. The van der Waals surface area contributed by atoms with E-state index in [1.54, 1.807) is 12.3 Å². The summed E-state index contributed by atoms with van der Waals surface area (Å²) in [5, 5.41) is 3.48. The van der Waals surface area contributed by atoms with Gasteiger partial charge in [0.25, 0.3) is 0 Å². The van der Waals surface area contributed by atoms with E-state index in [0.717, 1.165) is 60.9 Å². The number of ether oxygens (including phenoxy) is 4. The van der Waals surface area contributed by atoms with Gasteiger partial charge in [-0.2, -0.15) is 0 Å². The molecule has 3 N–H and O–H groups in total. The molecule has 0 bridgehead atoms. The van der Waals surface area contributed by atoms with E-state index in [2.05, 4.69) is 84.5 Å². The highest BCUT2D eigenvalue weighted by atomic mass is 32.2. The van der Waals surface area contributed by atoms with E-state index in [9.17, 15) is 0 Å². The fourth-order valence-electron chi connectivity index (χ4n) is 4.94. The zero-order valence-electron chi connectivity index (χ0n) is 29.0. The van der Waals surface area contributed by atoms with Crippen LogP contribution in [0.5, 0.6) is 11.5 Å². The van der Waals surface area contributed by atoms with Crippen molar-refractivity contribution in [3.05, 3.63) is 108 Å². The van der Waals surface area contributed by atoms with E-state index in [4.69, 9.17) is 24.7 Å². The van der Waals surface area contributed by atoms with Crippen LogP contribution in [0.2, 0.25) is 0 Å². The number of aliphatic imine (C=N–C) groups is 1. The Morgan fingerprint density at radius 2 is 1.46 bits per heavy atom. The molecular weight excluding hydrogens is 621 g/mol.